The van der Waals surface area contributed by atoms with E-state index < -0.39 is 10.0 Å². The Labute approximate surface area is 139 Å². The fourth-order valence-electron chi connectivity index (χ4n) is 3.12. The Kier molecular flexibility index (Phi) is 5.34. The summed E-state index contributed by atoms with van der Waals surface area (Å²) in [4.78, 5) is 12.3. The molecule has 1 heterocycles. The second-order valence-corrected chi connectivity index (χ2v) is 8.39. The number of nitrogens with one attached hydrogen (secondary N) is 1. The van der Waals surface area contributed by atoms with Crippen molar-refractivity contribution in [2.75, 3.05) is 10.1 Å². The molecule has 2 rings (SSSR count). The van der Waals surface area contributed by atoms with Crippen molar-refractivity contribution in [3.05, 3.63) is 29.3 Å². The molecule has 0 radical (unpaired) electrons. The molecule has 0 saturated heterocycles. The normalized spacial score (nSPS) is 18.6. The van der Waals surface area contributed by atoms with Gasteiger partial charge in [-0.15, -0.1) is 0 Å². The molecule has 2 atom stereocenters. The zero-order chi connectivity index (χ0) is 17.2. The van der Waals surface area contributed by atoms with Crippen LogP contribution in [0.2, 0.25) is 0 Å². The number of benzene rings is 1. The van der Waals surface area contributed by atoms with E-state index in [1.807, 2.05) is 19.9 Å². The molecule has 128 valence electrons. The van der Waals surface area contributed by atoms with Crippen LogP contribution in [-0.4, -0.2) is 32.2 Å². The van der Waals surface area contributed by atoms with E-state index in [1.165, 1.54) is 4.31 Å². The fraction of sp³-hybridized carbons (Fsp3) is 0.588. The van der Waals surface area contributed by atoms with Crippen molar-refractivity contribution in [2.45, 2.75) is 59.0 Å². The zero-order valence-corrected chi connectivity index (χ0v) is 15.1. The second kappa shape index (κ2) is 6.91. The van der Waals surface area contributed by atoms with Crippen LogP contribution in [0.1, 0.15) is 56.5 Å². The van der Waals surface area contributed by atoms with E-state index in [0.717, 1.165) is 18.4 Å². The Morgan fingerprint density at radius 2 is 2.09 bits per heavy atom. The molecule has 1 aromatic rings. The molecule has 0 unspecified atom stereocenters. The number of hydrogen-bond donors (Lipinski definition) is 1. The predicted octanol–water partition coefficient (Wildman–Crippen LogP) is 2.71. The van der Waals surface area contributed by atoms with Crippen molar-refractivity contribution < 1.29 is 13.2 Å². The first kappa shape index (κ1) is 17.8. The van der Waals surface area contributed by atoms with Gasteiger partial charge < -0.3 is 5.32 Å². The molecule has 0 bridgehead atoms. The highest BCUT2D eigenvalue weighted by Gasteiger charge is 2.34. The van der Waals surface area contributed by atoms with Crippen molar-refractivity contribution in [3.8, 4) is 0 Å². The minimum atomic E-state index is -3.29. The molecule has 23 heavy (non-hydrogen) atoms. The summed E-state index contributed by atoms with van der Waals surface area (Å²) in [5.41, 5.74) is 2.22. The van der Waals surface area contributed by atoms with Gasteiger partial charge in [0.15, 0.2) is 0 Å². The number of carbonyl (C=O) groups is 1. The minimum absolute atomic E-state index is 0.0769. The van der Waals surface area contributed by atoms with E-state index in [-0.39, 0.29) is 23.7 Å². The molecule has 5 nitrogen and oxygen atoms in total. The number of anilines is 1. The summed E-state index contributed by atoms with van der Waals surface area (Å²) in [5, 5.41) is 2.98. The lowest BCUT2D eigenvalue weighted by Gasteiger charge is -2.23. The van der Waals surface area contributed by atoms with Gasteiger partial charge >= 0.3 is 0 Å². The highest BCUT2D eigenvalue weighted by Crippen LogP contribution is 2.35. The number of amides is 1. The third-order valence-electron chi connectivity index (χ3n) is 4.26. The van der Waals surface area contributed by atoms with Gasteiger partial charge in [-0.05, 0) is 57.4 Å². The van der Waals surface area contributed by atoms with Gasteiger partial charge in [0.2, 0.25) is 10.0 Å². The van der Waals surface area contributed by atoms with E-state index in [2.05, 4.69) is 12.2 Å². The number of hydrogen-bond acceptors (Lipinski definition) is 3. The summed E-state index contributed by atoms with van der Waals surface area (Å²) in [7, 11) is -3.29. The number of sulfonamides is 1. The molecule has 1 amide bonds. The summed E-state index contributed by atoms with van der Waals surface area (Å²) in [6, 6.07) is 5.32. The van der Waals surface area contributed by atoms with E-state index in [0.29, 0.717) is 17.7 Å². The van der Waals surface area contributed by atoms with Gasteiger partial charge in [-0.2, -0.15) is 0 Å². The Hall–Kier alpha value is -1.56. The van der Waals surface area contributed by atoms with Crippen molar-refractivity contribution in [1.29, 1.82) is 0 Å². The number of nitrogens with zero attached hydrogens (tertiary/aromatic N) is 1. The van der Waals surface area contributed by atoms with E-state index in [9.17, 15) is 13.2 Å². The topological polar surface area (TPSA) is 66.5 Å². The predicted molar refractivity (Wildman–Crippen MR) is 93.4 cm³/mol. The van der Waals surface area contributed by atoms with Crippen molar-refractivity contribution in [1.82, 2.24) is 5.32 Å². The second-order valence-electron chi connectivity index (χ2n) is 6.26. The van der Waals surface area contributed by atoms with Crippen LogP contribution in [0.5, 0.6) is 0 Å². The van der Waals surface area contributed by atoms with E-state index in [1.54, 1.807) is 19.1 Å². The summed E-state index contributed by atoms with van der Waals surface area (Å²) < 4.78 is 26.0. The van der Waals surface area contributed by atoms with E-state index >= 15 is 0 Å². The van der Waals surface area contributed by atoms with Gasteiger partial charge in [-0.3, -0.25) is 9.10 Å². The van der Waals surface area contributed by atoms with Crippen LogP contribution in [0, 0.1) is 0 Å². The van der Waals surface area contributed by atoms with Crippen LogP contribution in [-0.2, 0) is 16.4 Å². The average Bonchev–Trinajstić information content (AvgIpc) is 2.82. The molecule has 1 aliphatic rings. The van der Waals surface area contributed by atoms with Gasteiger partial charge in [-0.25, -0.2) is 8.42 Å². The van der Waals surface area contributed by atoms with Crippen LogP contribution in [0.4, 0.5) is 5.69 Å². The van der Waals surface area contributed by atoms with Gasteiger partial charge in [-0.1, -0.05) is 13.3 Å². The molecule has 6 heteroatoms. The maximum atomic E-state index is 12.3. The molecule has 0 aliphatic carbocycles. The Morgan fingerprint density at radius 3 is 2.70 bits per heavy atom. The lowest BCUT2D eigenvalue weighted by atomic mass is 10.1. The van der Waals surface area contributed by atoms with Gasteiger partial charge in [0.05, 0.1) is 11.4 Å². The Morgan fingerprint density at radius 1 is 1.39 bits per heavy atom. The standard InChI is InChI=1S/C17H26N2O3S/c1-5-7-12(3)18-17(20)14-8-9-16-15(11-14)10-13(4)19(16)23(21,22)6-2/h8-9,11-13H,5-7,10H2,1-4H3,(H,18,20)/t12-,13-/m1/s1. The van der Waals surface area contributed by atoms with Crippen LogP contribution in [0.3, 0.4) is 0 Å². The molecule has 0 fully saturated rings. The number of rotatable bonds is 6. The number of carbonyl (C=O) groups excluding carboxylic acids is 1. The first-order valence-electron chi connectivity index (χ1n) is 8.26. The SMILES string of the molecule is CCC[C@@H](C)NC(=O)c1ccc2c(c1)C[C@@H](C)N2S(=O)(=O)CC. The van der Waals surface area contributed by atoms with Gasteiger partial charge in [0.25, 0.3) is 5.91 Å². The highest BCUT2D eigenvalue weighted by molar-refractivity contribution is 7.92. The summed E-state index contributed by atoms with van der Waals surface area (Å²) >= 11 is 0. The maximum Gasteiger partial charge on any atom is 0.251 e. The highest BCUT2D eigenvalue weighted by atomic mass is 32.2. The summed E-state index contributed by atoms with van der Waals surface area (Å²) in [5.74, 6) is -0.0220. The molecule has 0 aromatic heterocycles. The summed E-state index contributed by atoms with van der Waals surface area (Å²) in [6.07, 6.45) is 2.60. The molecule has 1 aliphatic heterocycles. The lowest BCUT2D eigenvalue weighted by Crippen LogP contribution is -2.36. The molecular weight excluding hydrogens is 312 g/mol. The molecular formula is C17H26N2O3S. The van der Waals surface area contributed by atoms with Crippen molar-refractivity contribution >= 4 is 21.6 Å². The third kappa shape index (κ3) is 3.68. The first-order chi connectivity index (χ1) is 10.8. The van der Waals surface area contributed by atoms with Crippen LogP contribution in [0.15, 0.2) is 18.2 Å². The quantitative estimate of drug-likeness (QED) is 0.867. The Bertz CT molecular complexity index is 685. The molecule has 1 N–H and O–H groups in total. The van der Waals surface area contributed by atoms with E-state index in [4.69, 9.17) is 0 Å². The summed E-state index contributed by atoms with van der Waals surface area (Å²) in [6.45, 7) is 7.63. The van der Waals surface area contributed by atoms with Gasteiger partial charge in [0, 0.05) is 17.6 Å². The van der Waals surface area contributed by atoms with Crippen molar-refractivity contribution in [2.24, 2.45) is 0 Å². The molecule has 0 spiro atoms. The van der Waals surface area contributed by atoms with Gasteiger partial charge in [0.1, 0.15) is 0 Å². The van der Waals surface area contributed by atoms with Crippen molar-refractivity contribution in [3.63, 3.8) is 0 Å². The number of fused-ring (bicyclic) bond motifs is 1. The monoisotopic (exact) mass is 338 g/mol. The first-order valence-corrected chi connectivity index (χ1v) is 9.87. The smallest absolute Gasteiger partial charge is 0.251 e. The average molecular weight is 338 g/mol. The Balaban J connectivity index is 2.25. The van der Waals surface area contributed by atoms with Crippen LogP contribution < -0.4 is 9.62 Å². The molecule has 1 aromatic carbocycles. The maximum absolute atomic E-state index is 12.3. The van der Waals surface area contributed by atoms with Crippen LogP contribution >= 0.6 is 0 Å². The lowest BCUT2D eigenvalue weighted by molar-refractivity contribution is 0.0938. The molecule has 0 saturated carbocycles. The van der Waals surface area contributed by atoms with Crippen LogP contribution in [0.25, 0.3) is 0 Å². The minimum Gasteiger partial charge on any atom is -0.350 e. The fourth-order valence-corrected chi connectivity index (χ4v) is 4.50. The zero-order valence-electron chi connectivity index (χ0n) is 14.3. The third-order valence-corrected chi connectivity index (χ3v) is 6.14. The largest absolute Gasteiger partial charge is 0.350 e.